The molecule has 0 radical (unpaired) electrons. The van der Waals surface area contributed by atoms with Gasteiger partial charge in [0.05, 0.1) is 16.6 Å². The summed E-state index contributed by atoms with van der Waals surface area (Å²) in [7, 11) is 1.80. The summed E-state index contributed by atoms with van der Waals surface area (Å²) in [5.74, 6) is -0.384. The number of hydrogen-bond donors (Lipinski definition) is 1. The normalized spacial score (nSPS) is 12.5. The average molecular weight is 301 g/mol. The molecule has 4 heteroatoms. The Bertz CT molecular complexity index is 789. The third-order valence-electron chi connectivity index (χ3n) is 3.54. The summed E-state index contributed by atoms with van der Waals surface area (Å²) in [5.41, 5.74) is 2.43. The van der Waals surface area contributed by atoms with Gasteiger partial charge in [-0.25, -0.2) is 4.39 Å². The highest BCUT2D eigenvalue weighted by molar-refractivity contribution is 6.30. The van der Waals surface area contributed by atoms with Gasteiger partial charge in [-0.1, -0.05) is 35.9 Å². The van der Waals surface area contributed by atoms with Gasteiger partial charge in [0.25, 0.3) is 0 Å². The molecule has 0 aliphatic heterocycles. The summed E-state index contributed by atoms with van der Waals surface area (Å²) < 4.78 is 14.3. The maximum Gasteiger partial charge on any atom is 0.146 e. The number of rotatable bonds is 3. The molecule has 0 saturated carbocycles. The summed E-state index contributed by atoms with van der Waals surface area (Å²) in [6.07, 6.45) is 1.76. The van der Waals surface area contributed by atoms with Crippen molar-refractivity contribution < 1.29 is 4.39 Å². The predicted molar refractivity (Wildman–Crippen MR) is 84.1 cm³/mol. The van der Waals surface area contributed by atoms with Crippen LogP contribution in [-0.4, -0.2) is 12.0 Å². The van der Waals surface area contributed by atoms with Crippen molar-refractivity contribution in [1.82, 2.24) is 10.3 Å². The van der Waals surface area contributed by atoms with Crippen molar-refractivity contribution in [2.75, 3.05) is 7.05 Å². The molecule has 1 heterocycles. The van der Waals surface area contributed by atoms with E-state index in [1.54, 1.807) is 31.4 Å². The fourth-order valence-corrected chi connectivity index (χ4v) is 2.70. The molecule has 2 aromatic carbocycles. The van der Waals surface area contributed by atoms with Crippen molar-refractivity contribution in [3.8, 4) is 0 Å². The number of pyridine rings is 1. The number of nitrogens with zero attached hydrogens (tertiary/aromatic N) is 1. The second-order valence-electron chi connectivity index (χ2n) is 4.82. The number of fused-ring (bicyclic) bond motifs is 1. The standard InChI is InChI=1S/C17H14ClFN2/c1-20-17(13-5-2-6-14(18)16(13)19)12-7-8-15-11(10-12)4-3-9-21-15/h2-10,17,20H,1H3. The molecule has 106 valence electrons. The molecule has 1 N–H and O–H groups in total. The van der Waals surface area contributed by atoms with Gasteiger partial charge in [0.15, 0.2) is 0 Å². The highest BCUT2D eigenvalue weighted by atomic mass is 35.5. The fourth-order valence-electron chi connectivity index (χ4n) is 2.52. The Morgan fingerprint density at radius 1 is 1.14 bits per heavy atom. The highest BCUT2D eigenvalue weighted by Crippen LogP contribution is 2.29. The molecule has 0 saturated heterocycles. The molecule has 0 bridgehead atoms. The van der Waals surface area contributed by atoms with Crippen LogP contribution >= 0.6 is 11.6 Å². The Balaban J connectivity index is 2.11. The van der Waals surface area contributed by atoms with Gasteiger partial charge in [-0.05, 0) is 36.9 Å². The minimum Gasteiger partial charge on any atom is -0.309 e. The third kappa shape index (κ3) is 2.62. The molecule has 1 aromatic heterocycles. The van der Waals surface area contributed by atoms with E-state index in [0.29, 0.717) is 5.56 Å². The molecule has 21 heavy (non-hydrogen) atoms. The van der Waals surface area contributed by atoms with Crippen molar-refractivity contribution in [3.05, 3.63) is 76.7 Å². The molecule has 1 atom stereocenters. The van der Waals surface area contributed by atoms with Crippen LogP contribution in [0.25, 0.3) is 10.9 Å². The van der Waals surface area contributed by atoms with Gasteiger partial charge < -0.3 is 5.32 Å². The molecule has 0 spiro atoms. The summed E-state index contributed by atoms with van der Waals surface area (Å²) in [5, 5.41) is 4.31. The Labute approximate surface area is 127 Å². The minimum atomic E-state index is -0.384. The van der Waals surface area contributed by atoms with Crippen molar-refractivity contribution in [2.24, 2.45) is 0 Å². The summed E-state index contributed by atoms with van der Waals surface area (Å²) >= 11 is 5.88. The Morgan fingerprint density at radius 3 is 2.81 bits per heavy atom. The van der Waals surface area contributed by atoms with Crippen LogP contribution in [0.15, 0.2) is 54.7 Å². The van der Waals surface area contributed by atoms with E-state index in [2.05, 4.69) is 10.3 Å². The lowest BCUT2D eigenvalue weighted by atomic mass is 9.97. The van der Waals surface area contributed by atoms with E-state index in [1.807, 2.05) is 30.3 Å². The van der Waals surface area contributed by atoms with Crippen LogP contribution in [0.3, 0.4) is 0 Å². The van der Waals surface area contributed by atoms with E-state index in [-0.39, 0.29) is 16.9 Å². The molecule has 1 unspecified atom stereocenters. The first-order chi connectivity index (χ1) is 10.2. The van der Waals surface area contributed by atoms with Gasteiger partial charge in [0.2, 0.25) is 0 Å². The molecular weight excluding hydrogens is 287 g/mol. The zero-order valence-corrected chi connectivity index (χ0v) is 12.2. The maximum atomic E-state index is 14.3. The Morgan fingerprint density at radius 2 is 2.00 bits per heavy atom. The quantitative estimate of drug-likeness (QED) is 0.778. The fraction of sp³-hybridized carbons (Fsp3) is 0.118. The van der Waals surface area contributed by atoms with Gasteiger partial charge >= 0.3 is 0 Å². The monoisotopic (exact) mass is 300 g/mol. The van der Waals surface area contributed by atoms with Crippen LogP contribution in [0.1, 0.15) is 17.2 Å². The van der Waals surface area contributed by atoms with Crippen molar-refractivity contribution in [1.29, 1.82) is 0 Å². The van der Waals surface area contributed by atoms with E-state index in [4.69, 9.17) is 11.6 Å². The first-order valence-corrected chi connectivity index (χ1v) is 7.04. The molecule has 3 aromatic rings. The molecule has 2 nitrogen and oxygen atoms in total. The first-order valence-electron chi connectivity index (χ1n) is 6.66. The lowest BCUT2D eigenvalue weighted by molar-refractivity contribution is 0.577. The van der Waals surface area contributed by atoms with E-state index in [0.717, 1.165) is 16.5 Å². The first kappa shape index (κ1) is 14.0. The van der Waals surface area contributed by atoms with E-state index < -0.39 is 0 Å². The zero-order valence-electron chi connectivity index (χ0n) is 11.5. The van der Waals surface area contributed by atoms with E-state index in [1.165, 1.54) is 0 Å². The van der Waals surface area contributed by atoms with Crippen LogP contribution in [-0.2, 0) is 0 Å². The lowest BCUT2D eigenvalue weighted by Gasteiger charge is -2.19. The van der Waals surface area contributed by atoms with Crippen LogP contribution in [0, 0.1) is 5.82 Å². The second kappa shape index (κ2) is 5.80. The molecule has 0 aliphatic carbocycles. The minimum absolute atomic E-state index is 0.134. The Hall–Kier alpha value is -1.97. The largest absolute Gasteiger partial charge is 0.309 e. The van der Waals surface area contributed by atoms with Gasteiger partial charge in [0.1, 0.15) is 5.82 Å². The summed E-state index contributed by atoms with van der Waals surface area (Å²) in [6.45, 7) is 0. The highest BCUT2D eigenvalue weighted by Gasteiger charge is 2.18. The lowest BCUT2D eigenvalue weighted by Crippen LogP contribution is -2.19. The summed E-state index contributed by atoms with van der Waals surface area (Å²) in [4.78, 5) is 4.30. The van der Waals surface area contributed by atoms with Crippen molar-refractivity contribution in [3.63, 3.8) is 0 Å². The molecule has 0 amide bonds. The van der Waals surface area contributed by atoms with Crippen molar-refractivity contribution in [2.45, 2.75) is 6.04 Å². The average Bonchev–Trinajstić information content (AvgIpc) is 2.52. The maximum absolute atomic E-state index is 14.3. The predicted octanol–water partition coefficient (Wildman–Crippen LogP) is 4.34. The van der Waals surface area contributed by atoms with Crippen LogP contribution in [0.4, 0.5) is 4.39 Å². The molecule has 0 aliphatic rings. The second-order valence-corrected chi connectivity index (χ2v) is 5.23. The van der Waals surface area contributed by atoms with Gasteiger partial charge in [-0.3, -0.25) is 4.98 Å². The van der Waals surface area contributed by atoms with Crippen LogP contribution in [0.5, 0.6) is 0 Å². The number of hydrogen-bond acceptors (Lipinski definition) is 2. The van der Waals surface area contributed by atoms with E-state index in [9.17, 15) is 4.39 Å². The SMILES string of the molecule is CNC(c1ccc2ncccc2c1)c1cccc(Cl)c1F. The van der Waals surface area contributed by atoms with Crippen LogP contribution < -0.4 is 5.32 Å². The number of nitrogens with one attached hydrogen (secondary N) is 1. The topological polar surface area (TPSA) is 24.9 Å². The van der Waals surface area contributed by atoms with Gasteiger partial charge in [0, 0.05) is 17.1 Å². The molecular formula is C17H14ClFN2. The number of halogens is 2. The molecule has 3 rings (SSSR count). The smallest absolute Gasteiger partial charge is 0.146 e. The Kier molecular flexibility index (Phi) is 3.86. The van der Waals surface area contributed by atoms with E-state index >= 15 is 0 Å². The summed E-state index contributed by atoms with van der Waals surface area (Å²) in [6, 6.07) is 14.6. The number of aromatic nitrogens is 1. The third-order valence-corrected chi connectivity index (χ3v) is 3.83. The van der Waals surface area contributed by atoms with Crippen molar-refractivity contribution >= 4 is 22.5 Å². The van der Waals surface area contributed by atoms with Gasteiger partial charge in [-0.2, -0.15) is 0 Å². The zero-order chi connectivity index (χ0) is 14.8. The number of benzene rings is 2. The van der Waals surface area contributed by atoms with Gasteiger partial charge in [-0.15, -0.1) is 0 Å². The van der Waals surface area contributed by atoms with Crippen LogP contribution in [0.2, 0.25) is 5.02 Å². The molecule has 0 fully saturated rings.